The molecule has 0 aromatic heterocycles. The van der Waals surface area contributed by atoms with Crippen LogP contribution in [-0.2, 0) is 14.6 Å². The Bertz CT molecular complexity index is 480. The summed E-state index contributed by atoms with van der Waals surface area (Å²) < 4.78 is 23.8. The van der Waals surface area contributed by atoms with E-state index in [0.29, 0.717) is 12.5 Å². The van der Waals surface area contributed by atoms with Crippen molar-refractivity contribution < 1.29 is 13.2 Å². The van der Waals surface area contributed by atoms with Crippen LogP contribution in [0.1, 0.15) is 20.3 Å². The highest BCUT2D eigenvalue weighted by molar-refractivity contribution is 7.91. The molecule has 0 heterocycles. The van der Waals surface area contributed by atoms with E-state index in [-0.39, 0.29) is 23.0 Å². The van der Waals surface area contributed by atoms with Gasteiger partial charge in [0, 0.05) is 13.0 Å². The van der Waals surface area contributed by atoms with Crippen LogP contribution in [0.3, 0.4) is 0 Å². The van der Waals surface area contributed by atoms with Crippen molar-refractivity contribution in [3.05, 3.63) is 30.3 Å². The van der Waals surface area contributed by atoms with Crippen molar-refractivity contribution in [2.75, 3.05) is 12.3 Å². The number of sulfone groups is 1. The summed E-state index contributed by atoms with van der Waals surface area (Å²) >= 11 is 0. The molecule has 0 aliphatic carbocycles. The van der Waals surface area contributed by atoms with Crippen LogP contribution in [0.25, 0.3) is 0 Å². The number of nitrogens with one attached hydrogen (secondary N) is 1. The van der Waals surface area contributed by atoms with E-state index in [2.05, 4.69) is 5.32 Å². The summed E-state index contributed by atoms with van der Waals surface area (Å²) in [5.74, 6) is -0.0103. The average Bonchev–Trinajstić information content (AvgIpc) is 2.35. The second-order valence-corrected chi connectivity index (χ2v) is 6.69. The summed E-state index contributed by atoms with van der Waals surface area (Å²) in [5, 5.41) is 2.70. The summed E-state index contributed by atoms with van der Waals surface area (Å²) in [6.07, 6.45) is 0.00392. The molecule has 0 saturated heterocycles. The molecule has 1 aromatic carbocycles. The second kappa shape index (κ2) is 6.54. The van der Waals surface area contributed by atoms with E-state index in [9.17, 15) is 13.2 Å². The maximum atomic E-state index is 11.9. The molecule has 0 spiro atoms. The van der Waals surface area contributed by atoms with Crippen molar-refractivity contribution in [2.45, 2.75) is 25.2 Å². The molecule has 0 aliphatic heterocycles. The Morgan fingerprint density at radius 3 is 2.39 bits per heavy atom. The predicted molar refractivity (Wildman–Crippen MR) is 71.0 cm³/mol. The normalized spacial score (nSPS) is 11.5. The van der Waals surface area contributed by atoms with Gasteiger partial charge >= 0.3 is 0 Å². The first-order chi connectivity index (χ1) is 8.42. The molecule has 1 aromatic rings. The monoisotopic (exact) mass is 269 g/mol. The van der Waals surface area contributed by atoms with E-state index in [4.69, 9.17) is 0 Å². The smallest absolute Gasteiger partial charge is 0.221 e. The summed E-state index contributed by atoms with van der Waals surface area (Å²) in [4.78, 5) is 11.7. The second-order valence-electron chi connectivity index (χ2n) is 4.58. The molecular formula is C13H19NO3S. The van der Waals surface area contributed by atoms with Gasteiger partial charge in [0.05, 0.1) is 10.6 Å². The number of hydrogen-bond acceptors (Lipinski definition) is 3. The van der Waals surface area contributed by atoms with E-state index < -0.39 is 9.84 Å². The highest BCUT2D eigenvalue weighted by Gasteiger charge is 2.15. The van der Waals surface area contributed by atoms with Crippen molar-refractivity contribution in [1.29, 1.82) is 0 Å². The third-order valence-corrected chi connectivity index (χ3v) is 4.14. The lowest BCUT2D eigenvalue weighted by molar-refractivity contribution is -0.120. The molecule has 0 aliphatic rings. The molecule has 1 rings (SSSR count). The van der Waals surface area contributed by atoms with E-state index in [1.54, 1.807) is 30.3 Å². The van der Waals surface area contributed by atoms with E-state index >= 15 is 0 Å². The molecular weight excluding hydrogens is 250 g/mol. The number of rotatable bonds is 6. The SMILES string of the molecule is CC(C)CNC(=O)CCS(=O)(=O)c1ccccc1. The summed E-state index contributed by atoms with van der Waals surface area (Å²) in [5.41, 5.74) is 0. The minimum atomic E-state index is -3.35. The third kappa shape index (κ3) is 4.87. The Kier molecular flexibility index (Phi) is 5.34. The summed E-state index contributed by atoms with van der Waals surface area (Å²) in [6.45, 7) is 4.55. The van der Waals surface area contributed by atoms with Crippen LogP contribution in [0.5, 0.6) is 0 Å². The van der Waals surface area contributed by atoms with E-state index in [1.165, 1.54) is 0 Å². The van der Waals surface area contributed by atoms with Crippen LogP contribution >= 0.6 is 0 Å². The quantitative estimate of drug-likeness (QED) is 0.853. The van der Waals surface area contributed by atoms with Crippen LogP contribution < -0.4 is 5.32 Å². The van der Waals surface area contributed by atoms with Gasteiger partial charge in [0.2, 0.25) is 5.91 Å². The number of carbonyl (C=O) groups excluding carboxylic acids is 1. The Labute approximate surface area is 108 Å². The maximum absolute atomic E-state index is 11.9. The fourth-order valence-corrected chi connectivity index (χ4v) is 2.64. The van der Waals surface area contributed by atoms with Crippen LogP contribution in [0, 0.1) is 5.92 Å². The van der Waals surface area contributed by atoms with Crippen LogP contribution in [0.15, 0.2) is 35.2 Å². The van der Waals surface area contributed by atoms with Gasteiger partial charge in [0.25, 0.3) is 0 Å². The van der Waals surface area contributed by atoms with Crippen LogP contribution in [-0.4, -0.2) is 26.6 Å². The molecule has 100 valence electrons. The molecule has 5 heteroatoms. The Morgan fingerprint density at radius 1 is 1.22 bits per heavy atom. The van der Waals surface area contributed by atoms with E-state index in [0.717, 1.165) is 0 Å². The standard InChI is InChI=1S/C13H19NO3S/c1-11(2)10-14-13(15)8-9-18(16,17)12-6-4-3-5-7-12/h3-7,11H,8-10H2,1-2H3,(H,14,15). The summed E-state index contributed by atoms with van der Waals surface area (Å²) in [7, 11) is -3.35. The van der Waals surface area contributed by atoms with Gasteiger partial charge in [-0.3, -0.25) is 4.79 Å². The Balaban J connectivity index is 2.51. The predicted octanol–water partition coefficient (Wildman–Crippen LogP) is 1.62. The van der Waals surface area contributed by atoms with Crippen molar-refractivity contribution in [3.8, 4) is 0 Å². The first-order valence-electron chi connectivity index (χ1n) is 5.96. The van der Waals surface area contributed by atoms with Crippen LogP contribution in [0.4, 0.5) is 0 Å². The average molecular weight is 269 g/mol. The number of amides is 1. The zero-order valence-corrected chi connectivity index (χ0v) is 11.5. The molecule has 1 N–H and O–H groups in total. The third-order valence-electron chi connectivity index (χ3n) is 2.41. The minimum absolute atomic E-state index is 0.00392. The lowest BCUT2D eigenvalue weighted by Crippen LogP contribution is -2.28. The Hall–Kier alpha value is -1.36. The highest BCUT2D eigenvalue weighted by atomic mass is 32.2. The molecule has 0 atom stereocenters. The molecule has 0 bridgehead atoms. The van der Waals surface area contributed by atoms with Gasteiger partial charge in [-0.15, -0.1) is 0 Å². The number of carbonyl (C=O) groups is 1. The molecule has 0 unspecified atom stereocenters. The van der Waals surface area contributed by atoms with Gasteiger partial charge in [0.1, 0.15) is 0 Å². The van der Waals surface area contributed by atoms with Gasteiger partial charge in [-0.25, -0.2) is 8.42 Å². The van der Waals surface area contributed by atoms with Gasteiger partial charge in [-0.2, -0.15) is 0 Å². The number of benzene rings is 1. The lowest BCUT2D eigenvalue weighted by atomic mass is 10.2. The van der Waals surface area contributed by atoms with Crippen molar-refractivity contribution >= 4 is 15.7 Å². The molecule has 1 amide bonds. The van der Waals surface area contributed by atoms with Gasteiger partial charge < -0.3 is 5.32 Å². The van der Waals surface area contributed by atoms with Gasteiger partial charge in [-0.05, 0) is 18.1 Å². The largest absolute Gasteiger partial charge is 0.356 e. The van der Waals surface area contributed by atoms with Crippen molar-refractivity contribution in [1.82, 2.24) is 5.32 Å². The minimum Gasteiger partial charge on any atom is -0.356 e. The highest BCUT2D eigenvalue weighted by Crippen LogP contribution is 2.10. The first-order valence-corrected chi connectivity index (χ1v) is 7.61. The molecule has 18 heavy (non-hydrogen) atoms. The van der Waals surface area contributed by atoms with E-state index in [1.807, 2.05) is 13.8 Å². The fraction of sp³-hybridized carbons (Fsp3) is 0.462. The molecule has 4 nitrogen and oxygen atoms in total. The zero-order valence-electron chi connectivity index (χ0n) is 10.7. The Morgan fingerprint density at radius 2 is 1.83 bits per heavy atom. The lowest BCUT2D eigenvalue weighted by Gasteiger charge is -2.08. The van der Waals surface area contributed by atoms with Crippen LogP contribution in [0.2, 0.25) is 0 Å². The topological polar surface area (TPSA) is 63.2 Å². The maximum Gasteiger partial charge on any atom is 0.221 e. The molecule has 0 radical (unpaired) electrons. The van der Waals surface area contributed by atoms with Gasteiger partial charge in [-0.1, -0.05) is 32.0 Å². The molecule has 0 saturated carbocycles. The van der Waals surface area contributed by atoms with Crippen molar-refractivity contribution in [3.63, 3.8) is 0 Å². The summed E-state index contributed by atoms with van der Waals surface area (Å²) in [6, 6.07) is 8.19. The molecule has 0 fully saturated rings. The fourth-order valence-electron chi connectivity index (χ4n) is 1.38. The first kappa shape index (κ1) is 14.7. The van der Waals surface area contributed by atoms with Crippen molar-refractivity contribution in [2.24, 2.45) is 5.92 Å². The zero-order chi connectivity index (χ0) is 13.6. The number of hydrogen-bond donors (Lipinski definition) is 1. The van der Waals surface area contributed by atoms with Gasteiger partial charge in [0.15, 0.2) is 9.84 Å².